The Morgan fingerprint density at radius 3 is 2.71 bits per heavy atom. The predicted octanol–water partition coefficient (Wildman–Crippen LogP) is 0.636. The highest BCUT2D eigenvalue weighted by Gasteiger charge is 2.24. The molecule has 1 heterocycles. The van der Waals surface area contributed by atoms with Gasteiger partial charge in [-0.25, -0.2) is 0 Å². The van der Waals surface area contributed by atoms with Gasteiger partial charge in [-0.1, -0.05) is 30.3 Å². The number of nitrogens with zero attached hydrogens (tertiary/aromatic N) is 1. The number of likely N-dealkylation sites (tertiary alicyclic amines) is 1. The van der Waals surface area contributed by atoms with Gasteiger partial charge in [-0.2, -0.15) is 0 Å². The van der Waals surface area contributed by atoms with Gasteiger partial charge in [0.1, 0.15) is 0 Å². The molecule has 4 nitrogen and oxygen atoms in total. The van der Waals surface area contributed by atoms with E-state index >= 15 is 0 Å². The number of carbonyl (C=O) groups is 1. The summed E-state index contributed by atoms with van der Waals surface area (Å²) in [6.07, 6.45) is 1.25. The van der Waals surface area contributed by atoms with Gasteiger partial charge in [0, 0.05) is 31.6 Å². The Bertz CT molecular complexity index is 380. The van der Waals surface area contributed by atoms with Crippen molar-refractivity contribution in [1.29, 1.82) is 0 Å². The first-order valence-corrected chi connectivity index (χ1v) is 6.00. The summed E-state index contributed by atoms with van der Waals surface area (Å²) in [7, 11) is 0. The minimum absolute atomic E-state index is 0.106. The molecule has 2 atom stereocenters. The molecule has 0 aromatic heterocycles. The van der Waals surface area contributed by atoms with Crippen LogP contribution >= 0.6 is 0 Å². The number of rotatable bonds is 3. The molecule has 2 unspecified atom stereocenters. The van der Waals surface area contributed by atoms with Gasteiger partial charge < -0.3 is 16.4 Å². The third-order valence-corrected chi connectivity index (χ3v) is 3.20. The van der Waals surface area contributed by atoms with E-state index in [-0.39, 0.29) is 18.0 Å². The second-order valence-corrected chi connectivity index (χ2v) is 4.61. The predicted molar refractivity (Wildman–Crippen MR) is 67.2 cm³/mol. The Morgan fingerprint density at radius 1 is 1.41 bits per heavy atom. The zero-order chi connectivity index (χ0) is 12.3. The van der Waals surface area contributed by atoms with Crippen molar-refractivity contribution in [3.05, 3.63) is 35.9 Å². The number of amides is 1. The lowest BCUT2D eigenvalue weighted by Crippen LogP contribution is -2.33. The molecule has 1 amide bonds. The van der Waals surface area contributed by atoms with Crippen LogP contribution in [-0.2, 0) is 4.79 Å². The van der Waals surface area contributed by atoms with Gasteiger partial charge in [0.2, 0.25) is 5.91 Å². The molecule has 4 heteroatoms. The number of hydrogen-bond acceptors (Lipinski definition) is 3. The van der Waals surface area contributed by atoms with E-state index in [0.29, 0.717) is 13.0 Å². The van der Waals surface area contributed by atoms with Crippen LogP contribution < -0.4 is 11.5 Å². The monoisotopic (exact) mass is 233 g/mol. The molecule has 1 aromatic carbocycles. The Kier molecular flexibility index (Phi) is 3.76. The maximum absolute atomic E-state index is 12.0. The molecular weight excluding hydrogens is 214 g/mol. The highest BCUT2D eigenvalue weighted by atomic mass is 16.2. The minimum Gasteiger partial charge on any atom is -0.341 e. The van der Waals surface area contributed by atoms with Crippen LogP contribution in [0.3, 0.4) is 0 Å². The van der Waals surface area contributed by atoms with Gasteiger partial charge in [0.15, 0.2) is 0 Å². The first kappa shape index (κ1) is 12.1. The molecule has 0 radical (unpaired) electrons. The zero-order valence-corrected chi connectivity index (χ0v) is 9.88. The van der Waals surface area contributed by atoms with Gasteiger partial charge in [-0.3, -0.25) is 4.79 Å². The normalized spacial score (nSPS) is 21.5. The van der Waals surface area contributed by atoms with Crippen molar-refractivity contribution in [3.8, 4) is 0 Å². The van der Waals surface area contributed by atoms with E-state index in [1.165, 1.54) is 0 Å². The lowest BCUT2D eigenvalue weighted by atomic mass is 10.0. The van der Waals surface area contributed by atoms with Crippen molar-refractivity contribution in [2.75, 3.05) is 13.1 Å². The van der Waals surface area contributed by atoms with Crippen LogP contribution in [0.4, 0.5) is 0 Å². The van der Waals surface area contributed by atoms with Gasteiger partial charge in [-0.15, -0.1) is 0 Å². The van der Waals surface area contributed by atoms with Crippen LogP contribution in [0.2, 0.25) is 0 Å². The number of hydrogen-bond donors (Lipinski definition) is 2. The van der Waals surface area contributed by atoms with Crippen LogP contribution in [0.15, 0.2) is 30.3 Å². The average molecular weight is 233 g/mol. The molecule has 1 fully saturated rings. The van der Waals surface area contributed by atoms with Crippen molar-refractivity contribution < 1.29 is 4.79 Å². The smallest absolute Gasteiger partial charge is 0.224 e. The molecule has 0 saturated carbocycles. The summed E-state index contributed by atoms with van der Waals surface area (Å²) >= 11 is 0. The molecular formula is C13H19N3O. The molecule has 17 heavy (non-hydrogen) atoms. The van der Waals surface area contributed by atoms with E-state index in [1.807, 2.05) is 35.2 Å². The first-order chi connectivity index (χ1) is 8.16. The van der Waals surface area contributed by atoms with Crippen molar-refractivity contribution in [2.24, 2.45) is 11.5 Å². The van der Waals surface area contributed by atoms with Crippen LogP contribution in [0.25, 0.3) is 0 Å². The number of carbonyl (C=O) groups excluding carboxylic acids is 1. The van der Waals surface area contributed by atoms with E-state index in [2.05, 4.69) is 0 Å². The molecule has 1 aliphatic heterocycles. The minimum atomic E-state index is -0.222. The summed E-state index contributed by atoms with van der Waals surface area (Å²) in [5, 5.41) is 0. The average Bonchev–Trinajstić information content (AvgIpc) is 2.77. The van der Waals surface area contributed by atoms with E-state index in [1.54, 1.807) is 0 Å². The largest absolute Gasteiger partial charge is 0.341 e. The Balaban J connectivity index is 1.91. The standard InChI is InChI=1S/C13H19N3O/c14-11-6-7-16(9-11)13(17)8-12(15)10-4-2-1-3-5-10/h1-5,11-12H,6-9,14-15H2. The molecule has 92 valence electrons. The quantitative estimate of drug-likeness (QED) is 0.804. The van der Waals surface area contributed by atoms with Crippen molar-refractivity contribution in [2.45, 2.75) is 24.9 Å². The third kappa shape index (κ3) is 3.05. The topological polar surface area (TPSA) is 72.3 Å². The third-order valence-electron chi connectivity index (χ3n) is 3.20. The summed E-state index contributed by atoms with van der Waals surface area (Å²) in [6, 6.07) is 9.63. The molecule has 1 aromatic rings. The maximum atomic E-state index is 12.0. The Hall–Kier alpha value is -1.39. The summed E-state index contributed by atoms with van der Waals surface area (Å²) in [6.45, 7) is 1.43. The fourth-order valence-corrected chi connectivity index (χ4v) is 2.15. The Morgan fingerprint density at radius 2 is 2.12 bits per heavy atom. The highest BCUT2D eigenvalue weighted by molar-refractivity contribution is 5.77. The van der Waals surface area contributed by atoms with E-state index in [0.717, 1.165) is 18.5 Å². The fraction of sp³-hybridized carbons (Fsp3) is 0.462. The summed E-state index contributed by atoms with van der Waals surface area (Å²) in [5.74, 6) is 0.106. The van der Waals surface area contributed by atoms with Crippen LogP contribution in [0, 0.1) is 0 Å². The van der Waals surface area contributed by atoms with Crippen molar-refractivity contribution >= 4 is 5.91 Å². The molecule has 0 spiro atoms. The second kappa shape index (κ2) is 5.29. The molecule has 1 saturated heterocycles. The SMILES string of the molecule is NC1CCN(C(=O)CC(N)c2ccccc2)C1. The molecule has 0 aliphatic carbocycles. The lowest BCUT2D eigenvalue weighted by molar-refractivity contribution is -0.130. The van der Waals surface area contributed by atoms with Crippen molar-refractivity contribution in [3.63, 3.8) is 0 Å². The molecule has 2 rings (SSSR count). The van der Waals surface area contributed by atoms with Gasteiger partial charge in [0.25, 0.3) is 0 Å². The zero-order valence-electron chi connectivity index (χ0n) is 9.88. The maximum Gasteiger partial charge on any atom is 0.224 e. The Labute approximate surface area is 102 Å². The summed E-state index contributed by atoms with van der Waals surface area (Å²) in [4.78, 5) is 13.8. The number of benzene rings is 1. The molecule has 0 bridgehead atoms. The van der Waals surface area contributed by atoms with Crippen LogP contribution in [0.5, 0.6) is 0 Å². The summed E-state index contributed by atoms with van der Waals surface area (Å²) in [5.41, 5.74) is 12.8. The molecule has 4 N–H and O–H groups in total. The van der Waals surface area contributed by atoms with Gasteiger partial charge in [0.05, 0.1) is 0 Å². The van der Waals surface area contributed by atoms with E-state index < -0.39 is 0 Å². The number of nitrogens with two attached hydrogens (primary N) is 2. The summed E-state index contributed by atoms with van der Waals surface area (Å²) < 4.78 is 0. The van der Waals surface area contributed by atoms with E-state index in [9.17, 15) is 4.79 Å². The van der Waals surface area contributed by atoms with Crippen LogP contribution in [0.1, 0.15) is 24.4 Å². The first-order valence-electron chi connectivity index (χ1n) is 6.00. The fourth-order valence-electron chi connectivity index (χ4n) is 2.15. The lowest BCUT2D eigenvalue weighted by Gasteiger charge is -2.18. The second-order valence-electron chi connectivity index (χ2n) is 4.61. The van der Waals surface area contributed by atoms with E-state index in [4.69, 9.17) is 11.5 Å². The highest BCUT2D eigenvalue weighted by Crippen LogP contribution is 2.16. The van der Waals surface area contributed by atoms with Crippen molar-refractivity contribution in [1.82, 2.24) is 4.90 Å². The van der Waals surface area contributed by atoms with Gasteiger partial charge in [-0.05, 0) is 12.0 Å². The van der Waals surface area contributed by atoms with Gasteiger partial charge >= 0.3 is 0 Å². The molecule has 1 aliphatic rings. The van der Waals surface area contributed by atoms with Crippen LogP contribution in [-0.4, -0.2) is 29.9 Å².